The van der Waals surface area contributed by atoms with E-state index in [2.05, 4.69) is 34.2 Å². The number of sulfonamides is 1. The molecule has 1 amide bonds. The molecule has 1 aromatic carbocycles. The molecular formula is C22H24N4O3S. The quantitative estimate of drug-likeness (QED) is 0.698. The fraction of sp³-hybridized carbons (Fsp3) is 0.364. The Morgan fingerprint density at radius 3 is 2.70 bits per heavy atom. The van der Waals surface area contributed by atoms with Crippen molar-refractivity contribution in [2.75, 3.05) is 30.8 Å². The molecule has 30 heavy (non-hydrogen) atoms. The fourth-order valence-corrected chi connectivity index (χ4v) is 5.37. The molecule has 2 aliphatic heterocycles. The molecule has 0 atom stereocenters. The van der Waals surface area contributed by atoms with Crippen LogP contribution >= 0.6 is 0 Å². The number of piperidine rings is 1. The molecule has 1 N–H and O–H groups in total. The summed E-state index contributed by atoms with van der Waals surface area (Å²) in [5, 5.41) is 1.14. The van der Waals surface area contributed by atoms with Crippen LogP contribution in [0.3, 0.4) is 0 Å². The second-order valence-electron chi connectivity index (χ2n) is 8.26. The number of fused-ring (bicyclic) bond motifs is 2. The van der Waals surface area contributed by atoms with Crippen LogP contribution in [0.4, 0.5) is 5.69 Å². The zero-order valence-corrected chi connectivity index (χ0v) is 17.7. The Morgan fingerprint density at radius 1 is 1.13 bits per heavy atom. The SMILES string of the molecule is CS(=O)(=O)N1CCC(CN2C(=O)Cc3ncc(-c4ccc5[nH]ccc5c4)cc32)CC1. The van der Waals surface area contributed by atoms with Gasteiger partial charge in [0.1, 0.15) is 0 Å². The van der Waals surface area contributed by atoms with Gasteiger partial charge in [0.2, 0.25) is 15.9 Å². The molecule has 4 heterocycles. The number of anilines is 1. The van der Waals surface area contributed by atoms with Gasteiger partial charge in [-0.25, -0.2) is 12.7 Å². The Labute approximate surface area is 175 Å². The number of nitrogens with one attached hydrogen (secondary N) is 1. The number of carbonyl (C=O) groups excluding carboxylic acids is 1. The lowest BCUT2D eigenvalue weighted by atomic mass is 9.97. The van der Waals surface area contributed by atoms with Crippen molar-refractivity contribution in [3.63, 3.8) is 0 Å². The molecule has 0 bridgehead atoms. The Bertz CT molecular complexity index is 1230. The van der Waals surface area contributed by atoms with Crippen LogP contribution in [0.2, 0.25) is 0 Å². The number of aromatic amines is 1. The average Bonchev–Trinajstić information content (AvgIpc) is 3.31. The van der Waals surface area contributed by atoms with Gasteiger partial charge < -0.3 is 9.88 Å². The van der Waals surface area contributed by atoms with E-state index in [1.807, 2.05) is 23.4 Å². The summed E-state index contributed by atoms with van der Waals surface area (Å²) < 4.78 is 25.0. The van der Waals surface area contributed by atoms with Crippen LogP contribution in [0.5, 0.6) is 0 Å². The molecular weight excluding hydrogens is 400 g/mol. The van der Waals surface area contributed by atoms with Crippen molar-refractivity contribution in [1.29, 1.82) is 0 Å². The third kappa shape index (κ3) is 3.50. The van der Waals surface area contributed by atoms with Gasteiger partial charge >= 0.3 is 0 Å². The molecule has 1 fully saturated rings. The van der Waals surface area contributed by atoms with Crippen LogP contribution in [0.25, 0.3) is 22.0 Å². The Hall–Kier alpha value is -2.71. The zero-order valence-electron chi connectivity index (χ0n) is 16.8. The Kier molecular flexibility index (Phi) is 4.63. The lowest BCUT2D eigenvalue weighted by Crippen LogP contribution is -2.41. The number of rotatable bonds is 4. The summed E-state index contributed by atoms with van der Waals surface area (Å²) in [6, 6.07) is 10.3. The number of H-pyrrole nitrogens is 1. The van der Waals surface area contributed by atoms with E-state index in [1.165, 1.54) is 10.6 Å². The first-order valence-corrected chi connectivity index (χ1v) is 12.1. The van der Waals surface area contributed by atoms with Gasteiger partial charge in [-0.1, -0.05) is 6.07 Å². The van der Waals surface area contributed by atoms with E-state index in [0.29, 0.717) is 26.1 Å². The lowest BCUT2D eigenvalue weighted by Gasteiger charge is -2.32. The van der Waals surface area contributed by atoms with Crippen LogP contribution in [-0.2, 0) is 21.2 Å². The fourth-order valence-electron chi connectivity index (χ4n) is 4.50. The summed E-state index contributed by atoms with van der Waals surface area (Å²) >= 11 is 0. The highest BCUT2D eigenvalue weighted by Crippen LogP contribution is 2.34. The minimum atomic E-state index is -3.14. The normalized spacial score (nSPS) is 18.3. The van der Waals surface area contributed by atoms with Gasteiger partial charge in [-0.2, -0.15) is 0 Å². The largest absolute Gasteiger partial charge is 0.361 e. The van der Waals surface area contributed by atoms with Crippen LogP contribution in [0.1, 0.15) is 18.5 Å². The number of pyridine rings is 1. The van der Waals surface area contributed by atoms with Crippen molar-refractivity contribution >= 4 is 32.5 Å². The number of benzene rings is 1. The Morgan fingerprint density at radius 2 is 1.93 bits per heavy atom. The number of nitrogens with zero attached hydrogens (tertiary/aromatic N) is 3. The van der Waals surface area contributed by atoms with Crippen LogP contribution < -0.4 is 4.90 Å². The molecule has 0 radical (unpaired) electrons. The van der Waals surface area contributed by atoms with Crippen LogP contribution in [-0.4, -0.2) is 54.5 Å². The van der Waals surface area contributed by atoms with Gasteiger partial charge in [-0.15, -0.1) is 0 Å². The molecule has 0 spiro atoms. The van der Waals surface area contributed by atoms with E-state index < -0.39 is 10.0 Å². The Balaban J connectivity index is 1.38. The first-order valence-electron chi connectivity index (χ1n) is 10.2. The predicted octanol–water partition coefficient (Wildman–Crippen LogP) is 2.79. The highest BCUT2D eigenvalue weighted by molar-refractivity contribution is 7.88. The summed E-state index contributed by atoms with van der Waals surface area (Å²) in [7, 11) is -3.14. The van der Waals surface area contributed by atoms with Gasteiger partial charge in [-0.05, 0) is 54.0 Å². The number of aromatic nitrogens is 2. The molecule has 0 aliphatic carbocycles. The topological polar surface area (TPSA) is 86.4 Å². The minimum absolute atomic E-state index is 0.0706. The molecule has 2 aromatic heterocycles. The molecule has 5 rings (SSSR count). The highest BCUT2D eigenvalue weighted by Gasteiger charge is 2.33. The second kappa shape index (κ2) is 7.21. The van der Waals surface area contributed by atoms with E-state index in [-0.39, 0.29) is 11.8 Å². The first-order chi connectivity index (χ1) is 14.4. The van der Waals surface area contributed by atoms with E-state index in [9.17, 15) is 13.2 Å². The predicted molar refractivity (Wildman–Crippen MR) is 117 cm³/mol. The molecule has 156 valence electrons. The molecule has 7 nitrogen and oxygen atoms in total. The standard InChI is InChI=1S/C22H24N4O3S/c1-30(28,29)25-8-5-15(6-9-25)14-26-21-11-18(13-24-20(21)12-22(26)27)16-2-3-19-17(10-16)4-7-23-19/h2-4,7,10-11,13,15,23H,5-6,8-9,12,14H2,1H3. The van der Waals surface area contributed by atoms with E-state index in [1.54, 1.807) is 0 Å². The third-order valence-corrected chi connectivity index (χ3v) is 7.53. The summed E-state index contributed by atoms with van der Waals surface area (Å²) in [4.78, 5) is 22.3. The first kappa shape index (κ1) is 19.3. The number of carbonyl (C=O) groups is 1. The molecule has 1 saturated heterocycles. The average molecular weight is 425 g/mol. The summed E-state index contributed by atoms with van der Waals surface area (Å²) in [5.74, 6) is 0.360. The van der Waals surface area contributed by atoms with Crippen molar-refractivity contribution in [3.8, 4) is 11.1 Å². The van der Waals surface area contributed by atoms with Crippen molar-refractivity contribution < 1.29 is 13.2 Å². The summed E-state index contributed by atoms with van der Waals surface area (Å²) in [5.41, 5.74) is 4.85. The number of hydrogen-bond acceptors (Lipinski definition) is 4. The van der Waals surface area contributed by atoms with Crippen molar-refractivity contribution in [3.05, 3.63) is 48.4 Å². The molecule has 2 aliphatic rings. The van der Waals surface area contributed by atoms with E-state index in [0.717, 1.165) is 46.3 Å². The smallest absolute Gasteiger partial charge is 0.233 e. The number of amides is 1. The van der Waals surface area contributed by atoms with Gasteiger partial charge in [-0.3, -0.25) is 9.78 Å². The van der Waals surface area contributed by atoms with Crippen molar-refractivity contribution in [1.82, 2.24) is 14.3 Å². The monoisotopic (exact) mass is 424 g/mol. The van der Waals surface area contributed by atoms with Crippen LogP contribution in [0, 0.1) is 5.92 Å². The second-order valence-corrected chi connectivity index (χ2v) is 10.2. The molecule has 8 heteroatoms. The molecule has 3 aromatic rings. The van der Waals surface area contributed by atoms with Gasteiger partial charge in [0, 0.05) is 43.1 Å². The van der Waals surface area contributed by atoms with E-state index >= 15 is 0 Å². The highest BCUT2D eigenvalue weighted by atomic mass is 32.2. The summed E-state index contributed by atoms with van der Waals surface area (Å²) in [6.07, 6.45) is 6.88. The molecule has 0 unspecified atom stereocenters. The minimum Gasteiger partial charge on any atom is -0.361 e. The zero-order chi connectivity index (χ0) is 20.9. The number of hydrogen-bond donors (Lipinski definition) is 1. The lowest BCUT2D eigenvalue weighted by molar-refractivity contribution is -0.117. The maximum Gasteiger partial charge on any atom is 0.233 e. The summed E-state index contributed by atoms with van der Waals surface area (Å²) in [6.45, 7) is 1.66. The third-order valence-electron chi connectivity index (χ3n) is 6.23. The van der Waals surface area contributed by atoms with E-state index in [4.69, 9.17) is 0 Å². The maximum absolute atomic E-state index is 12.7. The van der Waals surface area contributed by atoms with Crippen molar-refractivity contribution in [2.45, 2.75) is 19.3 Å². The van der Waals surface area contributed by atoms with Crippen molar-refractivity contribution in [2.24, 2.45) is 5.92 Å². The van der Waals surface area contributed by atoms with Gasteiger partial charge in [0.15, 0.2) is 0 Å². The maximum atomic E-state index is 12.7. The molecule has 0 saturated carbocycles. The van der Waals surface area contributed by atoms with Crippen LogP contribution in [0.15, 0.2) is 42.7 Å². The van der Waals surface area contributed by atoms with Gasteiger partial charge in [0.25, 0.3) is 0 Å². The van der Waals surface area contributed by atoms with Gasteiger partial charge in [0.05, 0.1) is 24.1 Å².